The van der Waals surface area contributed by atoms with Crippen LogP contribution in [0.2, 0.25) is 5.02 Å². The van der Waals surface area contributed by atoms with Gasteiger partial charge < -0.3 is 9.84 Å². The van der Waals surface area contributed by atoms with Gasteiger partial charge in [0.25, 0.3) is 0 Å². The summed E-state index contributed by atoms with van der Waals surface area (Å²) in [6.07, 6.45) is 0.644. The second kappa shape index (κ2) is 8.48. The van der Waals surface area contributed by atoms with Gasteiger partial charge in [-0.3, -0.25) is 4.79 Å². The van der Waals surface area contributed by atoms with Crippen LogP contribution < -0.4 is 4.74 Å². The third-order valence-corrected chi connectivity index (χ3v) is 5.06. The maximum atomic E-state index is 10.8. The number of rotatable bonds is 7. The lowest BCUT2D eigenvalue weighted by atomic mass is 9.99. The highest BCUT2D eigenvalue weighted by molar-refractivity contribution is 6.30. The number of ether oxygens (including phenoxy) is 1. The van der Waals surface area contributed by atoms with E-state index in [4.69, 9.17) is 21.4 Å². The van der Waals surface area contributed by atoms with E-state index in [0.29, 0.717) is 18.1 Å². The normalized spacial score (nSPS) is 10.9. The number of carboxylic acids is 1. The van der Waals surface area contributed by atoms with E-state index in [1.807, 2.05) is 67.9 Å². The molecule has 0 saturated heterocycles. The van der Waals surface area contributed by atoms with Gasteiger partial charge in [0.2, 0.25) is 0 Å². The first-order valence-electron chi connectivity index (χ1n) is 9.10. The molecule has 3 rings (SSSR count). The molecule has 0 radical (unpaired) electrons. The van der Waals surface area contributed by atoms with Crippen molar-refractivity contribution in [1.82, 2.24) is 9.78 Å². The van der Waals surface area contributed by atoms with Gasteiger partial charge >= 0.3 is 5.97 Å². The molecule has 6 heteroatoms. The molecule has 1 N–H and O–H groups in total. The van der Waals surface area contributed by atoms with Crippen molar-refractivity contribution in [2.45, 2.75) is 40.2 Å². The van der Waals surface area contributed by atoms with Crippen LogP contribution in [0.15, 0.2) is 42.5 Å². The second-order valence-corrected chi connectivity index (χ2v) is 7.26. The van der Waals surface area contributed by atoms with Crippen molar-refractivity contribution >= 4 is 17.6 Å². The largest absolute Gasteiger partial charge is 0.487 e. The summed E-state index contributed by atoms with van der Waals surface area (Å²) in [6, 6.07) is 13.4. The number of carboxylic acid groups (broad SMARTS) is 1. The zero-order valence-electron chi connectivity index (χ0n) is 16.2. The Labute approximate surface area is 169 Å². The molecular formula is C22H23ClN2O3. The summed E-state index contributed by atoms with van der Waals surface area (Å²) in [7, 11) is 0. The standard InChI is InChI=1S/C22H23ClN2O3/c1-14-12-20(25(24-14)19-8-6-18(23)7-9-19)13-28-21-10-4-17(5-11-22(26)27)15(2)16(21)3/h4,6-10,12H,5,11,13H2,1-3H3,(H,26,27). The Hall–Kier alpha value is -2.79. The fourth-order valence-corrected chi connectivity index (χ4v) is 3.26. The van der Waals surface area contributed by atoms with Gasteiger partial charge in [0.1, 0.15) is 12.4 Å². The van der Waals surface area contributed by atoms with Crippen LogP contribution in [0.4, 0.5) is 0 Å². The van der Waals surface area contributed by atoms with Crippen LogP contribution in [-0.4, -0.2) is 20.9 Å². The molecule has 2 aromatic carbocycles. The topological polar surface area (TPSA) is 64.3 Å². The van der Waals surface area contributed by atoms with Crippen LogP contribution in [0, 0.1) is 20.8 Å². The molecule has 0 bridgehead atoms. The van der Waals surface area contributed by atoms with Gasteiger partial charge in [-0.15, -0.1) is 0 Å². The maximum Gasteiger partial charge on any atom is 0.303 e. The number of carbonyl (C=O) groups is 1. The zero-order valence-corrected chi connectivity index (χ0v) is 17.0. The van der Waals surface area contributed by atoms with Crippen LogP contribution >= 0.6 is 11.6 Å². The lowest BCUT2D eigenvalue weighted by Crippen LogP contribution is -2.07. The first kappa shape index (κ1) is 20.0. The minimum absolute atomic E-state index is 0.125. The Balaban J connectivity index is 1.78. The Kier molecular flexibility index (Phi) is 6.05. The fraction of sp³-hybridized carbons (Fsp3) is 0.273. The molecular weight excluding hydrogens is 376 g/mol. The third-order valence-electron chi connectivity index (χ3n) is 4.81. The van der Waals surface area contributed by atoms with Gasteiger partial charge in [-0.05, 0) is 80.3 Å². The predicted octanol–water partition coefficient (Wildman–Crippen LogP) is 5.05. The SMILES string of the molecule is Cc1cc(COc2ccc(CCC(=O)O)c(C)c2C)n(-c2ccc(Cl)cc2)n1. The molecule has 0 unspecified atom stereocenters. The quantitative estimate of drug-likeness (QED) is 0.605. The number of hydrogen-bond donors (Lipinski definition) is 1. The van der Waals surface area contributed by atoms with Crippen molar-refractivity contribution in [3.05, 3.63) is 75.6 Å². The molecule has 0 spiro atoms. The van der Waals surface area contributed by atoms with E-state index in [1.165, 1.54) is 0 Å². The van der Waals surface area contributed by atoms with E-state index < -0.39 is 5.97 Å². The lowest BCUT2D eigenvalue weighted by molar-refractivity contribution is -0.136. The summed E-state index contributed by atoms with van der Waals surface area (Å²) in [5, 5.41) is 14.1. The fourth-order valence-electron chi connectivity index (χ4n) is 3.13. The van der Waals surface area contributed by atoms with E-state index in [1.54, 1.807) is 0 Å². The number of halogens is 1. The second-order valence-electron chi connectivity index (χ2n) is 6.82. The summed E-state index contributed by atoms with van der Waals surface area (Å²) >= 11 is 5.98. The highest BCUT2D eigenvalue weighted by atomic mass is 35.5. The van der Waals surface area contributed by atoms with E-state index in [-0.39, 0.29) is 6.42 Å². The first-order chi connectivity index (χ1) is 13.3. The van der Waals surface area contributed by atoms with Crippen molar-refractivity contribution in [2.75, 3.05) is 0 Å². The smallest absolute Gasteiger partial charge is 0.303 e. The van der Waals surface area contributed by atoms with Gasteiger partial charge in [0.05, 0.1) is 17.1 Å². The first-order valence-corrected chi connectivity index (χ1v) is 9.48. The highest BCUT2D eigenvalue weighted by Gasteiger charge is 2.12. The predicted molar refractivity (Wildman–Crippen MR) is 110 cm³/mol. The number of aryl methyl sites for hydroxylation is 2. The molecule has 0 amide bonds. The zero-order chi connectivity index (χ0) is 20.3. The van der Waals surface area contributed by atoms with Gasteiger partial charge in [0.15, 0.2) is 0 Å². The number of hydrogen-bond acceptors (Lipinski definition) is 3. The lowest BCUT2D eigenvalue weighted by Gasteiger charge is -2.15. The molecule has 0 fully saturated rings. The Morgan fingerprint density at radius 1 is 1.11 bits per heavy atom. The average Bonchev–Trinajstić information content (AvgIpc) is 3.03. The molecule has 0 aliphatic carbocycles. The van der Waals surface area contributed by atoms with Crippen LogP contribution in [-0.2, 0) is 17.8 Å². The summed E-state index contributed by atoms with van der Waals surface area (Å²) in [4.78, 5) is 10.8. The molecule has 1 aromatic heterocycles. The van der Waals surface area contributed by atoms with Gasteiger partial charge in [0, 0.05) is 11.4 Å². The average molecular weight is 399 g/mol. The van der Waals surface area contributed by atoms with Crippen molar-refractivity contribution in [2.24, 2.45) is 0 Å². The number of aliphatic carboxylic acids is 1. The molecule has 28 heavy (non-hydrogen) atoms. The summed E-state index contributed by atoms with van der Waals surface area (Å²) in [6.45, 7) is 6.32. The van der Waals surface area contributed by atoms with E-state index >= 15 is 0 Å². The molecule has 5 nitrogen and oxygen atoms in total. The Morgan fingerprint density at radius 3 is 2.50 bits per heavy atom. The third kappa shape index (κ3) is 4.54. The van der Waals surface area contributed by atoms with Gasteiger partial charge in [-0.25, -0.2) is 4.68 Å². The summed E-state index contributed by atoms with van der Waals surface area (Å²) < 4.78 is 7.94. The van der Waals surface area contributed by atoms with Crippen molar-refractivity contribution in [1.29, 1.82) is 0 Å². The molecule has 1 heterocycles. The minimum Gasteiger partial charge on any atom is -0.487 e. The van der Waals surface area contributed by atoms with Crippen LogP contribution in [0.3, 0.4) is 0 Å². The number of benzene rings is 2. The highest BCUT2D eigenvalue weighted by Crippen LogP contribution is 2.26. The van der Waals surface area contributed by atoms with E-state index in [0.717, 1.165) is 39.5 Å². The van der Waals surface area contributed by atoms with Crippen molar-refractivity contribution in [3.8, 4) is 11.4 Å². The van der Waals surface area contributed by atoms with Crippen molar-refractivity contribution in [3.63, 3.8) is 0 Å². The van der Waals surface area contributed by atoms with E-state index in [9.17, 15) is 4.79 Å². The molecule has 0 aliphatic rings. The van der Waals surface area contributed by atoms with Crippen LogP contribution in [0.25, 0.3) is 5.69 Å². The van der Waals surface area contributed by atoms with Crippen LogP contribution in [0.5, 0.6) is 5.75 Å². The molecule has 0 aliphatic heterocycles. The number of aromatic nitrogens is 2. The summed E-state index contributed by atoms with van der Waals surface area (Å²) in [5.41, 5.74) is 5.90. The van der Waals surface area contributed by atoms with Gasteiger partial charge in [-0.1, -0.05) is 17.7 Å². The monoisotopic (exact) mass is 398 g/mol. The molecule has 0 atom stereocenters. The minimum atomic E-state index is -0.789. The molecule has 3 aromatic rings. The molecule has 0 saturated carbocycles. The van der Waals surface area contributed by atoms with Crippen molar-refractivity contribution < 1.29 is 14.6 Å². The number of nitrogens with zero attached hydrogens (tertiary/aromatic N) is 2. The maximum absolute atomic E-state index is 10.8. The van der Waals surface area contributed by atoms with Crippen LogP contribution in [0.1, 0.15) is 34.5 Å². The van der Waals surface area contributed by atoms with E-state index in [2.05, 4.69) is 5.10 Å². The molecule has 146 valence electrons. The Morgan fingerprint density at radius 2 is 1.82 bits per heavy atom. The van der Waals surface area contributed by atoms with Gasteiger partial charge in [-0.2, -0.15) is 5.10 Å². The Bertz CT molecular complexity index is 994. The summed E-state index contributed by atoms with van der Waals surface area (Å²) in [5.74, 6) is 0.00120.